The minimum absolute atomic E-state index is 0.104. The molecule has 0 aliphatic rings. The van der Waals surface area contributed by atoms with Gasteiger partial charge in [-0.15, -0.1) is 0 Å². The lowest BCUT2D eigenvalue weighted by Gasteiger charge is -2.04. The van der Waals surface area contributed by atoms with Gasteiger partial charge in [0.1, 0.15) is 11.6 Å². The predicted molar refractivity (Wildman–Crippen MR) is 77.2 cm³/mol. The molecule has 100 valence electrons. The van der Waals surface area contributed by atoms with Gasteiger partial charge in [0.25, 0.3) is 0 Å². The summed E-state index contributed by atoms with van der Waals surface area (Å²) in [5.41, 5.74) is 0.697. The molecule has 20 heavy (non-hydrogen) atoms. The van der Waals surface area contributed by atoms with E-state index in [0.717, 1.165) is 0 Å². The maximum absolute atomic E-state index is 13.4. The van der Waals surface area contributed by atoms with Crippen LogP contribution in [0.25, 0.3) is 22.1 Å². The lowest BCUT2D eigenvalue weighted by atomic mass is 10.1. The number of phenolic OH excluding ortho intramolecular Hbond substituents is 1. The van der Waals surface area contributed by atoms with Crippen molar-refractivity contribution < 1.29 is 13.9 Å². The highest BCUT2D eigenvalue weighted by molar-refractivity contribution is 9.10. The molecule has 5 heteroatoms. The van der Waals surface area contributed by atoms with Gasteiger partial charge < -0.3 is 9.52 Å². The van der Waals surface area contributed by atoms with Gasteiger partial charge in [0.2, 0.25) is 0 Å². The van der Waals surface area contributed by atoms with E-state index in [1.807, 2.05) is 0 Å². The molecule has 0 unspecified atom stereocenters. The van der Waals surface area contributed by atoms with Crippen LogP contribution in [0.3, 0.4) is 0 Å². The summed E-state index contributed by atoms with van der Waals surface area (Å²) in [4.78, 5) is 12.0. The Labute approximate surface area is 121 Å². The Kier molecular flexibility index (Phi) is 3.06. The summed E-state index contributed by atoms with van der Waals surface area (Å²) in [6.45, 7) is 0. The Morgan fingerprint density at radius 1 is 1.10 bits per heavy atom. The maximum Gasteiger partial charge on any atom is 0.344 e. The van der Waals surface area contributed by atoms with Crippen LogP contribution < -0.4 is 5.63 Å². The van der Waals surface area contributed by atoms with Crippen LogP contribution in [-0.4, -0.2) is 5.11 Å². The number of hydrogen-bond acceptors (Lipinski definition) is 3. The molecule has 3 rings (SSSR count). The van der Waals surface area contributed by atoms with Gasteiger partial charge in [-0.1, -0.05) is 12.1 Å². The third-order valence-electron chi connectivity index (χ3n) is 2.93. The molecule has 2 aromatic carbocycles. The van der Waals surface area contributed by atoms with Gasteiger partial charge in [0, 0.05) is 5.39 Å². The van der Waals surface area contributed by atoms with Crippen molar-refractivity contribution >= 4 is 26.9 Å². The van der Waals surface area contributed by atoms with E-state index >= 15 is 0 Å². The largest absolute Gasteiger partial charge is 0.508 e. The van der Waals surface area contributed by atoms with Crippen molar-refractivity contribution in [2.75, 3.05) is 0 Å². The first-order valence-corrected chi connectivity index (χ1v) is 6.56. The lowest BCUT2D eigenvalue weighted by Crippen LogP contribution is -2.03. The molecule has 0 aliphatic carbocycles. The summed E-state index contributed by atoms with van der Waals surface area (Å²) in [5.74, 6) is -0.317. The highest BCUT2D eigenvalue weighted by Crippen LogP contribution is 2.28. The van der Waals surface area contributed by atoms with Crippen LogP contribution in [0.5, 0.6) is 5.75 Å². The fourth-order valence-electron chi connectivity index (χ4n) is 2.00. The molecular weight excluding hydrogens is 327 g/mol. The van der Waals surface area contributed by atoms with E-state index in [4.69, 9.17) is 4.42 Å². The predicted octanol–water partition coefficient (Wildman–Crippen LogP) is 4.07. The highest BCUT2D eigenvalue weighted by atomic mass is 79.9. The van der Waals surface area contributed by atoms with Crippen LogP contribution in [0.1, 0.15) is 0 Å². The van der Waals surface area contributed by atoms with E-state index in [1.165, 1.54) is 24.3 Å². The molecule has 0 bridgehead atoms. The number of aromatic hydroxyl groups is 1. The van der Waals surface area contributed by atoms with Crippen molar-refractivity contribution in [3.8, 4) is 16.9 Å². The van der Waals surface area contributed by atoms with Crippen molar-refractivity contribution in [2.45, 2.75) is 0 Å². The van der Waals surface area contributed by atoms with Crippen molar-refractivity contribution in [3.63, 3.8) is 0 Å². The summed E-state index contributed by atoms with van der Waals surface area (Å²) in [6.07, 6.45) is 0. The minimum Gasteiger partial charge on any atom is -0.508 e. The number of fused-ring (bicyclic) bond motifs is 1. The molecule has 3 aromatic rings. The molecule has 1 N–H and O–H groups in total. The molecule has 1 heterocycles. The summed E-state index contributed by atoms with van der Waals surface area (Å²) >= 11 is 3.17. The van der Waals surface area contributed by atoms with Crippen molar-refractivity contribution in [3.05, 3.63) is 63.2 Å². The summed E-state index contributed by atoms with van der Waals surface area (Å²) in [5, 5.41) is 9.75. The second kappa shape index (κ2) is 4.76. The summed E-state index contributed by atoms with van der Waals surface area (Å²) in [7, 11) is 0. The van der Waals surface area contributed by atoms with Crippen molar-refractivity contribution in [1.29, 1.82) is 0 Å². The van der Waals surface area contributed by atoms with Crippen molar-refractivity contribution in [1.82, 2.24) is 0 Å². The van der Waals surface area contributed by atoms with E-state index in [2.05, 4.69) is 15.9 Å². The SMILES string of the molecule is O=c1oc2c(Br)cc(F)cc2cc1-c1ccc(O)cc1. The fraction of sp³-hybridized carbons (Fsp3) is 0. The van der Waals surface area contributed by atoms with E-state index in [1.54, 1.807) is 18.2 Å². The average molecular weight is 335 g/mol. The second-order valence-electron chi connectivity index (χ2n) is 4.30. The molecular formula is C15H8BrFO3. The Hall–Kier alpha value is -2.14. The van der Waals surface area contributed by atoms with Crippen molar-refractivity contribution in [2.24, 2.45) is 0 Å². The molecule has 0 fully saturated rings. The van der Waals surface area contributed by atoms with Gasteiger partial charge in [0.15, 0.2) is 5.58 Å². The van der Waals surface area contributed by atoms with Gasteiger partial charge >= 0.3 is 5.63 Å². The van der Waals surface area contributed by atoms with Crippen LogP contribution in [-0.2, 0) is 0 Å². The first-order chi connectivity index (χ1) is 9.54. The molecule has 0 spiro atoms. The normalized spacial score (nSPS) is 10.9. The third-order valence-corrected chi connectivity index (χ3v) is 3.52. The summed E-state index contributed by atoms with van der Waals surface area (Å²) < 4.78 is 19.0. The van der Waals surface area contributed by atoms with Crippen LogP contribution >= 0.6 is 15.9 Å². The van der Waals surface area contributed by atoms with Crippen LogP contribution in [0.4, 0.5) is 4.39 Å². The van der Waals surface area contributed by atoms with Crippen LogP contribution in [0.15, 0.2) is 56.1 Å². The second-order valence-corrected chi connectivity index (χ2v) is 5.15. The Morgan fingerprint density at radius 2 is 1.80 bits per heavy atom. The molecule has 3 nitrogen and oxygen atoms in total. The van der Waals surface area contributed by atoms with Gasteiger partial charge in [0.05, 0.1) is 10.0 Å². The average Bonchev–Trinajstić information content (AvgIpc) is 2.40. The standard InChI is InChI=1S/C15H8BrFO3/c16-13-7-10(17)5-9-6-12(15(19)20-14(9)13)8-1-3-11(18)4-2-8/h1-7,18H. The zero-order chi connectivity index (χ0) is 14.3. The smallest absolute Gasteiger partial charge is 0.344 e. The fourth-order valence-corrected chi connectivity index (χ4v) is 2.53. The van der Waals surface area contributed by atoms with E-state index in [9.17, 15) is 14.3 Å². The third kappa shape index (κ3) is 2.20. The molecule has 0 aliphatic heterocycles. The number of benzene rings is 2. The highest BCUT2D eigenvalue weighted by Gasteiger charge is 2.11. The topological polar surface area (TPSA) is 50.4 Å². The molecule has 0 saturated heterocycles. The molecule has 0 saturated carbocycles. The zero-order valence-corrected chi connectivity index (χ0v) is 11.6. The van der Waals surface area contributed by atoms with Gasteiger partial charge in [-0.05, 0) is 51.8 Å². The maximum atomic E-state index is 13.4. The summed E-state index contributed by atoms with van der Waals surface area (Å²) in [6, 6.07) is 10.3. The monoisotopic (exact) mass is 334 g/mol. The first-order valence-electron chi connectivity index (χ1n) is 5.77. The quantitative estimate of drug-likeness (QED) is 0.682. The van der Waals surface area contributed by atoms with Crippen LogP contribution in [0, 0.1) is 5.82 Å². The minimum atomic E-state index is -0.518. The molecule has 0 radical (unpaired) electrons. The van der Waals surface area contributed by atoms with E-state index in [-0.39, 0.29) is 5.75 Å². The Bertz CT molecular complexity index is 853. The van der Waals surface area contributed by atoms with Crippen LogP contribution in [0.2, 0.25) is 0 Å². The van der Waals surface area contributed by atoms with E-state index < -0.39 is 11.4 Å². The molecule has 0 atom stereocenters. The van der Waals surface area contributed by atoms with Gasteiger partial charge in [-0.25, -0.2) is 9.18 Å². The number of phenols is 1. The first kappa shape index (κ1) is 12.9. The molecule has 0 amide bonds. The zero-order valence-electron chi connectivity index (χ0n) is 10.1. The number of hydrogen-bond donors (Lipinski definition) is 1. The lowest BCUT2D eigenvalue weighted by molar-refractivity contribution is 0.475. The number of halogens is 2. The Balaban J connectivity index is 2.29. The van der Waals surface area contributed by atoms with Gasteiger partial charge in [-0.2, -0.15) is 0 Å². The molecule has 1 aromatic heterocycles. The van der Waals surface area contributed by atoms with Gasteiger partial charge in [-0.3, -0.25) is 0 Å². The number of rotatable bonds is 1. The Morgan fingerprint density at radius 3 is 2.50 bits per heavy atom. The van der Waals surface area contributed by atoms with E-state index in [0.29, 0.717) is 26.6 Å².